The number of hydrogen-bond acceptors (Lipinski definition) is 4. The van der Waals surface area contributed by atoms with Gasteiger partial charge in [0.05, 0.1) is 18.3 Å². The van der Waals surface area contributed by atoms with Gasteiger partial charge in [0.25, 0.3) is 5.91 Å². The van der Waals surface area contributed by atoms with E-state index in [4.69, 9.17) is 4.74 Å². The van der Waals surface area contributed by atoms with Crippen molar-refractivity contribution in [2.24, 2.45) is 5.92 Å². The summed E-state index contributed by atoms with van der Waals surface area (Å²) in [7, 11) is 0. The zero-order valence-electron chi connectivity index (χ0n) is 23.9. The molecule has 0 aromatic heterocycles. The van der Waals surface area contributed by atoms with E-state index in [9.17, 15) is 23.1 Å². The maximum absolute atomic E-state index is 13.0. The van der Waals surface area contributed by atoms with E-state index in [-0.39, 0.29) is 36.7 Å². The number of halogens is 4. The maximum atomic E-state index is 13.0. The number of alkyl halides is 3. The largest absolute Gasteiger partial charge is 0.493 e. The first kappa shape index (κ1) is 33.4. The molecule has 228 valence electrons. The Hall–Kier alpha value is -3.07. The number of likely N-dealkylation sites (tertiary alicyclic amines) is 1. The number of benzene rings is 3. The highest BCUT2D eigenvalue weighted by Crippen LogP contribution is 2.35. The van der Waals surface area contributed by atoms with E-state index in [0.29, 0.717) is 17.9 Å². The molecule has 0 radical (unpaired) electrons. The minimum Gasteiger partial charge on any atom is -0.493 e. The Morgan fingerprint density at radius 2 is 1.71 bits per heavy atom. The predicted octanol–water partition coefficient (Wildman–Crippen LogP) is 7.27. The van der Waals surface area contributed by atoms with Gasteiger partial charge in [-0.1, -0.05) is 62.2 Å². The van der Waals surface area contributed by atoms with E-state index in [0.717, 1.165) is 62.2 Å². The standard InChI is InChI=1S/C33H39F3N2O3.ClH/c1-2-3-7-19-38-20-18-30(27(22-38)23-41-29-16-14-28(15-17-29)33(34,35)36)24-10-12-26(13-11-24)32(40)37-21-31(39)25-8-5-4-6-9-25;/h4-6,8-17,27,30-31,39H,2-3,7,18-23H2,1H3,(H,37,40);1H/t27-,30-,31?;/m1./s1. The average molecular weight is 605 g/mol. The number of amides is 1. The molecule has 3 atom stereocenters. The molecule has 1 amide bonds. The van der Waals surface area contributed by atoms with Gasteiger partial charge in [0, 0.05) is 24.6 Å². The lowest BCUT2D eigenvalue weighted by Crippen LogP contribution is -2.42. The van der Waals surface area contributed by atoms with Crippen LogP contribution >= 0.6 is 12.4 Å². The topological polar surface area (TPSA) is 61.8 Å². The summed E-state index contributed by atoms with van der Waals surface area (Å²) >= 11 is 0. The Labute approximate surface area is 252 Å². The fourth-order valence-corrected chi connectivity index (χ4v) is 5.41. The van der Waals surface area contributed by atoms with Gasteiger partial charge in [-0.2, -0.15) is 13.2 Å². The van der Waals surface area contributed by atoms with Gasteiger partial charge in [-0.15, -0.1) is 12.4 Å². The number of carbonyl (C=O) groups excluding carboxylic acids is 1. The van der Waals surface area contributed by atoms with Crippen molar-refractivity contribution in [2.45, 2.75) is 50.8 Å². The van der Waals surface area contributed by atoms with Gasteiger partial charge in [-0.05, 0) is 79.4 Å². The monoisotopic (exact) mass is 604 g/mol. The lowest BCUT2D eigenvalue weighted by Gasteiger charge is -2.39. The third-order valence-electron chi connectivity index (χ3n) is 7.78. The average Bonchev–Trinajstić information content (AvgIpc) is 2.99. The van der Waals surface area contributed by atoms with Gasteiger partial charge in [0.15, 0.2) is 0 Å². The van der Waals surface area contributed by atoms with Crippen molar-refractivity contribution >= 4 is 18.3 Å². The second-order valence-corrected chi connectivity index (χ2v) is 10.8. The molecular formula is C33H40ClF3N2O3. The second kappa shape index (κ2) is 16.0. The zero-order chi connectivity index (χ0) is 29.2. The fourth-order valence-electron chi connectivity index (χ4n) is 5.41. The van der Waals surface area contributed by atoms with Crippen molar-refractivity contribution in [1.82, 2.24) is 10.2 Å². The summed E-state index contributed by atoms with van der Waals surface area (Å²) in [5, 5.41) is 13.2. The molecule has 2 N–H and O–H groups in total. The summed E-state index contributed by atoms with van der Waals surface area (Å²) in [6.45, 7) is 5.51. The highest BCUT2D eigenvalue weighted by atomic mass is 35.5. The van der Waals surface area contributed by atoms with Crippen LogP contribution in [0.3, 0.4) is 0 Å². The van der Waals surface area contributed by atoms with Gasteiger partial charge in [0.2, 0.25) is 0 Å². The Balaban J connectivity index is 0.00000484. The third kappa shape index (κ3) is 9.48. The Bertz CT molecular complexity index is 1220. The third-order valence-corrected chi connectivity index (χ3v) is 7.78. The number of piperidine rings is 1. The quantitative estimate of drug-likeness (QED) is 0.214. The molecule has 0 spiro atoms. The summed E-state index contributed by atoms with van der Waals surface area (Å²) in [6.07, 6.45) is -0.761. The van der Waals surface area contributed by atoms with E-state index in [1.807, 2.05) is 42.5 Å². The van der Waals surface area contributed by atoms with Crippen molar-refractivity contribution in [2.75, 3.05) is 32.8 Å². The molecule has 1 aliphatic rings. The molecule has 3 aromatic carbocycles. The summed E-state index contributed by atoms with van der Waals surface area (Å²) in [6, 6.07) is 21.6. The molecular weight excluding hydrogens is 565 g/mol. The van der Waals surface area contributed by atoms with Crippen molar-refractivity contribution < 1.29 is 27.8 Å². The summed E-state index contributed by atoms with van der Waals surface area (Å²) in [5.74, 6) is 0.515. The maximum Gasteiger partial charge on any atom is 0.416 e. The molecule has 5 nitrogen and oxygen atoms in total. The van der Waals surface area contributed by atoms with E-state index in [1.165, 1.54) is 18.6 Å². The first-order chi connectivity index (χ1) is 19.7. The SMILES string of the molecule is CCCCCN1CC[C@H](c2ccc(C(=O)NCC(O)c3ccccc3)cc2)[C@@H](COc2ccc(C(F)(F)F)cc2)C1.Cl. The summed E-state index contributed by atoms with van der Waals surface area (Å²) in [5.41, 5.74) is 1.68. The number of unbranched alkanes of at least 4 members (excludes halogenated alkanes) is 2. The number of carbonyl (C=O) groups is 1. The number of aliphatic hydroxyl groups is 1. The highest BCUT2D eigenvalue weighted by molar-refractivity contribution is 5.94. The van der Waals surface area contributed by atoms with E-state index < -0.39 is 17.8 Å². The van der Waals surface area contributed by atoms with Crippen LogP contribution in [0, 0.1) is 5.92 Å². The summed E-state index contributed by atoms with van der Waals surface area (Å²) in [4.78, 5) is 15.2. The molecule has 1 unspecified atom stereocenters. The fraction of sp³-hybridized carbons (Fsp3) is 0.424. The lowest BCUT2D eigenvalue weighted by molar-refractivity contribution is -0.137. The van der Waals surface area contributed by atoms with E-state index >= 15 is 0 Å². The van der Waals surface area contributed by atoms with Gasteiger partial charge in [0.1, 0.15) is 5.75 Å². The molecule has 42 heavy (non-hydrogen) atoms. The van der Waals surface area contributed by atoms with Crippen LogP contribution in [0.4, 0.5) is 13.2 Å². The molecule has 0 bridgehead atoms. The van der Waals surface area contributed by atoms with Crippen LogP contribution in [0.2, 0.25) is 0 Å². The van der Waals surface area contributed by atoms with Crippen molar-refractivity contribution in [3.63, 3.8) is 0 Å². The van der Waals surface area contributed by atoms with Crippen molar-refractivity contribution in [1.29, 1.82) is 0 Å². The zero-order valence-corrected chi connectivity index (χ0v) is 24.7. The minimum atomic E-state index is -4.38. The van der Waals surface area contributed by atoms with Crippen LogP contribution in [0.5, 0.6) is 5.75 Å². The highest BCUT2D eigenvalue weighted by Gasteiger charge is 2.32. The van der Waals surface area contributed by atoms with Crippen LogP contribution in [-0.4, -0.2) is 48.7 Å². The lowest BCUT2D eigenvalue weighted by atomic mass is 9.80. The number of nitrogens with zero attached hydrogens (tertiary/aromatic N) is 1. The molecule has 1 aliphatic heterocycles. The van der Waals surface area contributed by atoms with Gasteiger partial charge in [-0.25, -0.2) is 0 Å². The Morgan fingerprint density at radius 3 is 2.36 bits per heavy atom. The number of nitrogens with one attached hydrogen (secondary N) is 1. The van der Waals surface area contributed by atoms with E-state index in [1.54, 1.807) is 12.1 Å². The first-order valence-corrected chi connectivity index (χ1v) is 14.4. The number of ether oxygens (including phenoxy) is 1. The number of hydrogen-bond donors (Lipinski definition) is 2. The molecule has 4 rings (SSSR count). The molecule has 1 saturated heterocycles. The van der Waals surface area contributed by atoms with Crippen LogP contribution < -0.4 is 10.1 Å². The van der Waals surface area contributed by atoms with Crippen LogP contribution in [0.25, 0.3) is 0 Å². The van der Waals surface area contributed by atoms with Crippen molar-refractivity contribution in [3.05, 3.63) is 101 Å². The van der Waals surface area contributed by atoms with E-state index in [2.05, 4.69) is 17.1 Å². The summed E-state index contributed by atoms with van der Waals surface area (Å²) < 4.78 is 44.9. The number of aliphatic hydroxyl groups excluding tert-OH is 1. The van der Waals surface area contributed by atoms with Crippen molar-refractivity contribution in [3.8, 4) is 5.75 Å². The molecule has 0 aliphatic carbocycles. The van der Waals surface area contributed by atoms with Crippen LogP contribution in [0.1, 0.15) is 71.7 Å². The smallest absolute Gasteiger partial charge is 0.416 e. The minimum absolute atomic E-state index is 0. The second-order valence-electron chi connectivity index (χ2n) is 10.8. The van der Waals surface area contributed by atoms with Gasteiger partial charge in [-0.3, -0.25) is 4.79 Å². The van der Waals surface area contributed by atoms with Gasteiger partial charge >= 0.3 is 6.18 Å². The Morgan fingerprint density at radius 1 is 1.02 bits per heavy atom. The van der Waals surface area contributed by atoms with Gasteiger partial charge < -0.3 is 20.1 Å². The normalized spacial score (nSPS) is 18.1. The number of rotatable bonds is 12. The molecule has 0 saturated carbocycles. The molecule has 1 heterocycles. The Kier molecular flexibility index (Phi) is 12.7. The molecule has 1 fully saturated rings. The first-order valence-electron chi connectivity index (χ1n) is 14.4. The molecule has 9 heteroatoms. The molecule has 3 aromatic rings. The van der Waals surface area contributed by atoms with Crippen LogP contribution in [-0.2, 0) is 6.18 Å². The van der Waals surface area contributed by atoms with Crippen LogP contribution in [0.15, 0.2) is 78.9 Å². The predicted molar refractivity (Wildman–Crippen MR) is 161 cm³/mol.